The molecule has 2 aromatic rings. The van der Waals surface area contributed by atoms with Crippen LogP contribution in [0.2, 0.25) is 0 Å². The van der Waals surface area contributed by atoms with Crippen molar-refractivity contribution in [3.63, 3.8) is 0 Å². The number of hydrogen-bond acceptors (Lipinski definition) is 6. The average Bonchev–Trinajstić information content (AvgIpc) is 2.59. The number of likely N-dealkylation sites (tertiary alicyclic amines) is 1. The largest absolute Gasteiger partial charge is 0.444 e. The predicted octanol–water partition coefficient (Wildman–Crippen LogP) is 3.15. The van der Waals surface area contributed by atoms with E-state index < -0.39 is 23.8 Å². The highest BCUT2D eigenvalue weighted by Gasteiger charge is 2.35. The van der Waals surface area contributed by atoms with E-state index in [4.69, 9.17) is 10.5 Å². The summed E-state index contributed by atoms with van der Waals surface area (Å²) >= 11 is 0. The summed E-state index contributed by atoms with van der Waals surface area (Å²) in [7, 11) is 0. The number of piperidine rings is 1. The van der Waals surface area contributed by atoms with Gasteiger partial charge in [0.25, 0.3) is 0 Å². The molecule has 1 fully saturated rings. The molecule has 0 bridgehead atoms. The number of alkyl halides is 1. The van der Waals surface area contributed by atoms with Crippen LogP contribution in [0.4, 0.5) is 15.1 Å². The second kappa shape index (κ2) is 6.99. The van der Waals surface area contributed by atoms with Gasteiger partial charge in [0.1, 0.15) is 11.8 Å². The Hall–Kier alpha value is -2.95. The van der Waals surface area contributed by atoms with Crippen molar-refractivity contribution < 1.29 is 13.9 Å². The number of hydrogen-bond donors (Lipinski definition) is 1. The van der Waals surface area contributed by atoms with Crippen LogP contribution in [-0.2, 0) is 4.74 Å². The zero-order valence-corrected chi connectivity index (χ0v) is 15.6. The van der Waals surface area contributed by atoms with Crippen LogP contribution in [-0.4, -0.2) is 45.8 Å². The summed E-state index contributed by atoms with van der Waals surface area (Å²) in [5.41, 5.74) is 6.53. The van der Waals surface area contributed by atoms with Crippen molar-refractivity contribution in [2.45, 2.75) is 44.9 Å². The summed E-state index contributed by atoms with van der Waals surface area (Å²) in [6.07, 6.45) is 0.0970. The van der Waals surface area contributed by atoms with Crippen molar-refractivity contribution in [3.8, 4) is 6.07 Å². The van der Waals surface area contributed by atoms with Crippen LogP contribution in [0.25, 0.3) is 10.9 Å². The number of fused-ring (bicyclic) bond motifs is 1. The molecule has 27 heavy (non-hydrogen) atoms. The standard InChI is InChI=1S/C19H22FN5O2/c1-19(2,3)27-18(26)25-5-4-13(15(20)10-25)14-7-16-12(6-11(14)8-21)9-23-17(22)24-16/h6-7,9,13,15H,4-5,10H2,1-3H3,(H2,22,23,24)/t13-,15+/m1/s1. The number of benzene rings is 1. The Bertz CT molecular complexity index is 919. The lowest BCUT2D eigenvalue weighted by molar-refractivity contribution is 0.0111. The van der Waals surface area contributed by atoms with Crippen LogP contribution < -0.4 is 5.73 Å². The molecule has 0 aliphatic carbocycles. The van der Waals surface area contributed by atoms with Crippen LogP contribution in [0.15, 0.2) is 18.3 Å². The van der Waals surface area contributed by atoms with Gasteiger partial charge < -0.3 is 15.4 Å². The van der Waals surface area contributed by atoms with Crippen LogP contribution in [0.3, 0.4) is 0 Å². The highest BCUT2D eigenvalue weighted by molar-refractivity contribution is 5.81. The van der Waals surface area contributed by atoms with E-state index in [1.165, 1.54) is 4.90 Å². The minimum atomic E-state index is -1.31. The lowest BCUT2D eigenvalue weighted by atomic mass is 9.85. The van der Waals surface area contributed by atoms with Crippen molar-refractivity contribution >= 4 is 22.9 Å². The van der Waals surface area contributed by atoms with Gasteiger partial charge in [-0.25, -0.2) is 19.2 Å². The average molecular weight is 371 g/mol. The molecule has 2 atom stereocenters. The molecule has 0 radical (unpaired) electrons. The van der Waals surface area contributed by atoms with E-state index in [0.29, 0.717) is 35.0 Å². The maximum absolute atomic E-state index is 15.0. The maximum atomic E-state index is 15.0. The Labute approximate surface area is 156 Å². The summed E-state index contributed by atoms with van der Waals surface area (Å²) in [4.78, 5) is 21.7. The zero-order valence-electron chi connectivity index (χ0n) is 15.6. The van der Waals surface area contributed by atoms with Crippen LogP contribution in [0, 0.1) is 11.3 Å². The number of nitrogens with two attached hydrogens (primary N) is 1. The maximum Gasteiger partial charge on any atom is 0.410 e. The molecule has 0 unspecified atom stereocenters. The zero-order chi connectivity index (χ0) is 19.8. The Balaban J connectivity index is 1.85. The summed E-state index contributed by atoms with van der Waals surface area (Å²) in [6.45, 7) is 5.59. The lowest BCUT2D eigenvalue weighted by Gasteiger charge is -2.36. The monoisotopic (exact) mass is 371 g/mol. The van der Waals surface area contributed by atoms with E-state index in [0.717, 1.165) is 0 Å². The topological polar surface area (TPSA) is 105 Å². The number of rotatable bonds is 1. The number of anilines is 1. The smallest absolute Gasteiger partial charge is 0.410 e. The summed E-state index contributed by atoms with van der Waals surface area (Å²) in [5.74, 6) is -0.381. The van der Waals surface area contributed by atoms with Crippen molar-refractivity contribution in [1.82, 2.24) is 14.9 Å². The molecular formula is C19H22FN5O2. The van der Waals surface area contributed by atoms with Gasteiger partial charge in [-0.2, -0.15) is 5.26 Å². The van der Waals surface area contributed by atoms with Crippen LogP contribution in [0.1, 0.15) is 44.2 Å². The molecule has 0 spiro atoms. The predicted molar refractivity (Wildman–Crippen MR) is 98.7 cm³/mol. The molecule has 0 saturated carbocycles. The van der Waals surface area contributed by atoms with Gasteiger partial charge in [-0.3, -0.25) is 0 Å². The van der Waals surface area contributed by atoms with Gasteiger partial charge in [-0.15, -0.1) is 0 Å². The number of nitrogens with zero attached hydrogens (tertiary/aromatic N) is 4. The molecule has 1 aliphatic rings. The minimum Gasteiger partial charge on any atom is -0.444 e. The van der Waals surface area contributed by atoms with E-state index in [-0.39, 0.29) is 12.5 Å². The van der Waals surface area contributed by atoms with Gasteiger partial charge in [0, 0.05) is 24.0 Å². The lowest BCUT2D eigenvalue weighted by Crippen LogP contribution is -2.46. The second-order valence-electron chi connectivity index (χ2n) is 7.68. The number of nitrogen functional groups attached to an aromatic ring is 1. The van der Waals surface area contributed by atoms with Crippen molar-refractivity contribution in [1.29, 1.82) is 5.26 Å². The molecule has 1 aromatic carbocycles. The number of ether oxygens (including phenoxy) is 1. The third-order valence-electron chi connectivity index (χ3n) is 4.48. The van der Waals surface area contributed by atoms with Gasteiger partial charge in [-0.05, 0) is 44.9 Å². The number of carbonyl (C=O) groups is 1. The fraction of sp³-hybridized carbons (Fsp3) is 0.474. The highest BCUT2D eigenvalue weighted by Crippen LogP contribution is 2.34. The first-order valence-corrected chi connectivity index (χ1v) is 8.76. The Morgan fingerprint density at radius 1 is 1.44 bits per heavy atom. The first-order chi connectivity index (χ1) is 12.7. The molecular weight excluding hydrogens is 349 g/mol. The summed E-state index contributed by atoms with van der Waals surface area (Å²) in [5, 5.41) is 10.2. The highest BCUT2D eigenvalue weighted by atomic mass is 19.1. The van der Waals surface area contributed by atoms with Gasteiger partial charge in [-0.1, -0.05) is 0 Å². The van der Waals surface area contributed by atoms with E-state index in [1.54, 1.807) is 39.1 Å². The first kappa shape index (κ1) is 18.8. The molecule has 2 heterocycles. The SMILES string of the molecule is CC(C)(C)OC(=O)N1CC[C@H](c2cc3nc(N)ncc3cc2C#N)[C@@H](F)C1. The Kier molecular flexibility index (Phi) is 4.87. The molecule has 142 valence electrons. The van der Waals surface area contributed by atoms with Crippen molar-refractivity contribution in [2.24, 2.45) is 0 Å². The molecule has 2 N–H and O–H groups in total. The minimum absolute atomic E-state index is 0.0750. The van der Waals surface area contributed by atoms with E-state index >= 15 is 0 Å². The molecule has 1 aliphatic heterocycles. The van der Waals surface area contributed by atoms with Gasteiger partial charge in [0.15, 0.2) is 0 Å². The van der Waals surface area contributed by atoms with Crippen LogP contribution in [0.5, 0.6) is 0 Å². The van der Waals surface area contributed by atoms with Gasteiger partial charge in [0.2, 0.25) is 5.95 Å². The van der Waals surface area contributed by atoms with Crippen molar-refractivity contribution in [2.75, 3.05) is 18.8 Å². The molecule has 1 aromatic heterocycles. The Morgan fingerprint density at radius 2 is 2.19 bits per heavy atom. The molecule has 3 rings (SSSR count). The summed E-state index contributed by atoms with van der Waals surface area (Å²) in [6, 6.07) is 5.48. The molecule has 1 amide bonds. The fourth-order valence-electron chi connectivity index (χ4n) is 3.26. The number of halogens is 1. The van der Waals surface area contributed by atoms with E-state index in [2.05, 4.69) is 16.0 Å². The number of nitriles is 1. The number of amides is 1. The fourth-order valence-corrected chi connectivity index (χ4v) is 3.26. The van der Waals surface area contributed by atoms with E-state index in [1.807, 2.05) is 0 Å². The van der Waals surface area contributed by atoms with Crippen LogP contribution >= 0.6 is 0 Å². The Morgan fingerprint density at radius 3 is 2.81 bits per heavy atom. The number of carbonyl (C=O) groups excluding carboxylic acids is 1. The molecule has 7 nitrogen and oxygen atoms in total. The quantitative estimate of drug-likeness (QED) is 0.825. The van der Waals surface area contributed by atoms with Gasteiger partial charge >= 0.3 is 6.09 Å². The first-order valence-electron chi connectivity index (χ1n) is 8.76. The second-order valence-corrected chi connectivity index (χ2v) is 7.68. The number of aromatic nitrogens is 2. The third kappa shape index (κ3) is 4.08. The third-order valence-corrected chi connectivity index (χ3v) is 4.48. The normalized spacial score (nSPS) is 20.3. The van der Waals surface area contributed by atoms with E-state index in [9.17, 15) is 14.4 Å². The van der Waals surface area contributed by atoms with Gasteiger partial charge in [0.05, 0.1) is 23.7 Å². The summed E-state index contributed by atoms with van der Waals surface area (Å²) < 4.78 is 20.3. The van der Waals surface area contributed by atoms with Crippen molar-refractivity contribution in [3.05, 3.63) is 29.5 Å². The molecule has 1 saturated heterocycles. The molecule has 8 heteroatoms.